The SMILES string of the molecule is CC(=O)Nc1ccc(NCc2c(C)cccc2C)cc1C. The van der Waals surface area contributed by atoms with Crippen LogP contribution in [0.5, 0.6) is 0 Å². The summed E-state index contributed by atoms with van der Waals surface area (Å²) in [6, 6.07) is 12.3. The number of amides is 1. The van der Waals surface area contributed by atoms with Gasteiger partial charge in [0.15, 0.2) is 0 Å². The van der Waals surface area contributed by atoms with Gasteiger partial charge in [-0.05, 0) is 61.2 Å². The first-order valence-electron chi connectivity index (χ1n) is 7.14. The van der Waals surface area contributed by atoms with E-state index in [-0.39, 0.29) is 5.91 Å². The molecular weight excluding hydrogens is 260 g/mol. The largest absolute Gasteiger partial charge is 0.381 e. The average Bonchev–Trinajstić information content (AvgIpc) is 2.41. The molecule has 110 valence electrons. The maximum absolute atomic E-state index is 11.1. The molecule has 2 rings (SSSR count). The minimum Gasteiger partial charge on any atom is -0.381 e. The van der Waals surface area contributed by atoms with Crippen molar-refractivity contribution in [1.82, 2.24) is 0 Å². The van der Waals surface area contributed by atoms with E-state index in [1.165, 1.54) is 23.6 Å². The first-order valence-corrected chi connectivity index (χ1v) is 7.14. The van der Waals surface area contributed by atoms with E-state index < -0.39 is 0 Å². The summed E-state index contributed by atoms with van der Waals surface area (Å²) >= 11 is 0. The van der Waals surface area contributed by atoms with E-state index in [4.69, 9.17) is 0 Å². The summed E-state index contributed by atoms with van der Waals surface area (Å²) in [5.41, 5.74) is 6.91. The first kappa shape index (κ1) is 15.1. The summed E-state index contributed by atoms with van der Waals surface area (Å²) in [5, 5.41) is 6.28. The highest BCUT2D eigenvalue weighted by Gasteiger charge is 2.04. The van der Waals surface area contributed by atoms with Crippen LogP contribution < -0.4 is 10.6 Å². The van der Waals surface area contributed by atoms with Gasteiger partial charge in [-0.3, -0.25) is 4.79 Å². The monoisotopic (exact) mass is 282 g/mol. The van der Waals surface area contributed by atoms with Gasteiger partial charge in [-0.25, -0.2) is 0 Å². The highest BCUT2D eigenvalue weighted by Crippen LogP contribution is 2.21. The molecule has 2 aromatic carbocycles. The topological polar surface area (TPSA) is 41.1 Å². The molecule has 0 saturated carbocycles. The molecule has 1 amide bonds. The molecule has 0 aliphatic rings. The van der Waals surface area contributed by atoms with Gasteiger partial charge in [0.2, 0.25) is 5.91 Å². The second-order valence-corrected chi connectivity index (χ2v) is 5.43. The van der Waals surface area contributed by atoms with Crippen molar-refractivity contribution in [3.05, 3.63) is 58.7 Å². The minimum absolute atomic E-state index is 0.0469. The summed E-state index contributed by atoms with van der Waals surface area (Å²) in [6.45, 7) is 8.59. The fourth-order valence-corrected chi connectivity index (χ4v) is 2.42. The van der Waals surface area contributed by atoms with Crippen molar-refractivity contribution in [3.63, 3.8) is 0 Å². The van der Waals surface area contributed by atoms with Crippen molar-refractivity contribution < 1.29 is 4.79 Å². The van der Waals surface area contributed by atoms with Crippen LogP contribution in [-0.4, -0.2) is 5.91 Å². The molecule has 0 unspecified atom stereocenters. The zero-order valence-corrected chi connectivity index (χ0v) is 13.1. The highest BCUT2D eigenvalue weighted by molar-refractivity contribution is 5.89. The fraction of sp³-hybridized carbons (Fsp3) is 0.278. The minimum atomic E-state index is -0.0469. The summed E-state index contributed by atoms with van der Waals surface area (Å²) in [6.07, 6.45) is 0. The molecule has 2 N–H and O–H groups in total. The fourth-order valence-electron chi connectivity index (χ4n) is 2.42. The van der Waals surface area contributed by atoms with Gasteiger partial charge in [0.05, 0.1) is 0 Å². The predicted molar refractivity (Wildman–Crippen MR) is 88.7 cm³/mol. The standard InChI is InChI=1S/C18H22N2O/c1-12-6-5-7-13(2)17(12)11-19-16-8-9-18(14(3)10-16)20-15(4)21/h5-10,19H,11H2,1-4H3,(H,20,21). The van der Waals surface area contributed by atoms with E-state index >= 15 is 0 Å². The summed E-state index contributed by atoms with van der Waals surface area (Å²) < 4.78 is 0. The van der Waals surface area contributed by atoms with Crippen LogP contribution in [0, 0.1) is 20.8 Å². The van der Waals surface area contributed by atoms with Gasteiger partial charge in [0.25, 0.3) is 0 Å². The Balaban J connectivity index is 2.10. The summed E-state index contributed by atoms with van der Waals surface area (Å²) in [4.78, 5) is 11.1. The van der Waals surface area contributed by atoms with Crippen LogP contribution in [-0.2, 0) is 11.3 Å². The van der Waals surface area contributed by atoms with Crippen molar-refractivity contribution in [2.45, 2.75) is 34.2 Å². The van der Waals surface area contributed by atoms with Gasteiger partial charge in [-0.2, -0.15) is 0 Å². The van der Waals surface area contributed by atoms with E-state index in [1.807, 2.05) is 19.1 Å². The second-order valence-electron chi connectivity index (χ2n) is 5.43. The number of rotatable bonds is 4. The molecule has 2 aromatic rings. The predicted octanol–water partition coefficient (Wildman–Crippen LogP) is 4.18. The number of carbonyl (C=O) groups is 1. The van der Waals surface area contributed by atoms with Crippen LogP contribution in [0.3, 0.4) is 0 Å². The molecule has 3 heteroatoms. The summed E-state index contributed by atoms with van der Waals surface area (Å²) in [7, 11) is 0. The Morgan fingerprint density at radius 1 is 1.00 bits per heavy atom. The Hall–Kier alpha value is -2.29. The Labute approximate surface area is 126 Å². The number of benzene rings is 2. The normalized spacial score (nSPS) is 10.3. The van der Waals surface area contributed by atoms with Crippen LogP contribution in [0.15, 0.2) is 36.4 Å². The lowest BCUT2D eigenvalue weighted by molar-refractivity contribution is -0.114. The smallest absolute Gasteiger partial charge is 0.221 e. The molecule has 0 heterocycles. The molecule has 21 heavy (non-hydrogen) atoms. The van der Waals surface area contributed by atoms with Crippen LogP contribution in [0.4, 0.5) is 11.4 Å². The van der Waals surface area contributed by atoms with Crippen molar-refractivity contribution >= 4 is 17.3 Å². The van der Waals surface area contributed by atoms with Crippen LogP contribution >= 0.6 is 0 Å². The number of hydrogen-bond acceptors (Lipinski definition) is 2. The molecular formula is C18H22N2O. The Morgan fingerprint density at radius 2 is 1.67 bits per heavy atom. The Kier molecular flexibility index (Phi) is 4.63. The number of aryl methyl sites for hydroxylation is 3. The lowest BCUT2D eigenvalue weighted by Crippen LogP contribution is -2.08. The van der Waals surface area contributed by atoms with Gasteiger partial charge in [-0.15, -0.1) is 0 Å². The van der Waals surface area contributed by atoms with Crippen LogP contribution in [0.1, 0.15) is 29.2 Å². The zero-order valence-electron chi connectivity index (χ0n) is 13.1. The molecule has 0 aromatic heterocycles. The molecule has 0 spiro atoms. The van der Waals surface area contributed by atoms with Crippen molar-refractivity contribution in [1.29, 1.82) is 0 Å². The Morgan fingerprint density at radius 3 is 2.24 bits per heavy atom. The van der Waals surface area contributed by atoms with Crippen LogP contribution in [0.2, 0.25) is 0 Å². The van der Waals surface area contributed by atoms with Crippen molar-refractivity contribution in [2.75, 3.05) is 10.6 Å². The maximum Gasteiger partial charge on any atom is 0.221 e. The quantitative estimate of drug-likeness (QED) is 0.883. The number of anilines is 2. The third kappa shape index (κ3) is 3.85. The molecule has 0 bridgehead atoms. The molecule has 0 radical (unpaired) electrons. The molecule has 0 aliphatic carbocycles. The Bertz CT molecular complexity index is 642. The number of hydrogen-bond donors (Lipinski definition) is 2. The van der Waals surface area contributed by atoms with E-state index in [0.29, 0.717) is 0 Å². The maximum atomic E-state index is 11.1. The average molecular weight is 282 g/mol. The third-order valence-corrected chi connectivity index (χ3v) is 3.65. The molecule has 0 aliphatic heterocycles. The van der Waals surface area contributed by atoms with Gasteiger partial charge in [-0.1, -0.05) is 18.2 Å². The zero-order chi connectivity index (χ0) is 15.4. The van der Waals surface area contributed by atoms with Crippen molar-refractivity contribution in [3.8, 4) is 0 Å². The van der Waals surface area contributed by atoms with E-state index in [1.54, 1.807) is 0 Å². The van der Waals surface area contributed by atoms with Gasteiger partial charge >= 0.3 is 0 Å². The van der Waals surface area contributed by atoms with E-state index in [2.05, 4.69) is 48.7 Å². The van der Waals surface area contributed by atoms with Gasteiger partial charge < -0.3 is 10.6 Å². The lowest BCUT2D eigenvalue weighted by Gasteiger charge is -2.14. The molecule has 0 saturated heterocycles. The second kappa shape index (κ2) is 6.44. The van der Waals surface area contributed by atoms with E-state index in [9.17, 15) is 4.79 Å². The van der Waals surface area contributed by atoms with Crippen LogP contribution in [0.25, 0.3) is 0 Å². The summed E-state index contributed by atoms with van der Waals surface area (Å²) in [5.74, 6) is -0.0469. The first-order chi connectivity index (χ1) is 9.97. The highest BCUT2D eigenvalue weighted by atomic mass is 16.1. The third-order valence-electron chi connectivity index (χ3n) is 3.65. The van der Waals surface area contributed by atoms with Gasteiger partial charge in [0, 0.05) is 24.8 Å². The molecule has 0 atom stereocenters. The lowest BCUT2D eigenvalue weighted by atomic mass is 10.0. The number of carbonyl (C=O) groups excluding carboxylic acids is 1. The molecule has 0 fully saturated rings. The van der Waals surface area contributed by atoms with E-state index in [0.717, 1.165) is 23.5 Å². The van der Waals surface area contributed by atoms with Crippen molar-refractivity contribution in [2.24, 2.45) is 0 Å². The number of nitrogens with one attached hydrogen (secondary N) is 2. The molecule has 3 nitrogen and oxygen atoms in total. The van der Waals surface area contributed by atoms with Gasteiger partial charge in [0.1, 0.15) is 0 Å².